The molecule has 0 radical (unpaired) electrons. The Morgan fingerprint density at radius 3 is 1.77 bits per heavy atom. The first kappa shape index (κ1) is 19.3. The summed E-state index contributed by atoms with van der Waals surface area (Å²) in [7, 11) is 0. The molecule has 0 saturated carbocycles. The third kappa shape index (κ3) is 10.1. The Morgan fingerprint density at radius 2 is 1.27 bits per heavy atom. The van der Waals surface area contributed by atoms with Crippen LogP contribution < -0.4 is 0 Å². The van der Waals surface area contributed by atoms with Crippen molar-refractivity contribution >= 4 is 22.0 Å². The molecule has 0 fully saturated rings. The molecule has 0 aliphatic heterocycles. The lowest BCUT2D eigenvalue weighted by Gasteiger charge is -2.07. The smallest absolute Gasteiger partial charge is 0.0718 e. The van der Waals surface area contributed by atoms with Gasteiger partial charge in [-0.1, -0.05) is 52.9 Å². The van der Waals surface area contributed by atoms with E-state index in [1.54, 1.807) is 0 Å². The van der Waals surface area contributed by atoms with Crippen molar-refractivity contribution in [3.63, 3.8) is 0 Å². The number of hydrogen-bond acceptors (Lipinski definition) is 4. The van der Waals surface area contributed by atoms with Crippen LogP contribution in [0, 0.1) is 0 Å². The molecule has 0 heterocycles. The molecule has 1 aromatic carbocycles. The van der Waals surface area contributed by atoms with Crippen molar-refractivity contribution in [3.05, 3.63) is 42.0 Å². The van der Waals surface area contributed by atoms with E-state index < -0.39 is 0 Å². The van der Waals surface area contributed by atoms with Gasteiger partial charge in [-0.3, -0.25) is 0 Å². The summed E-state index contributed by atoms with van der Waals surface area (Å²) < 4.78 is 21.6. The highest BCUT2D eigenvalue weighted by Crippen LogP contribution is 2.06. The molecule has 0 amide bonds. The van der Waals surface area contributed by atoms with E-state index in [1.807, 2.05) is 30.3 Å². The van der Waals surface area contributed by atoms with Gasteiger partial charge in [0.2, 0.25) is 0 Å². The minimum absolute atomic E-state index is 0.578. The van der Waals surface area contributed by atoms with Crippen molar-refractivity contribution in [2.75, 3.05) is 51.6 Å². The van der Waals surface area contributed by atoms with Crippen LogP contribution in [0.3, 0.4) is 0 Å². The Kier molecular flexibility index (Phi) is 12.2. The Bertz CT molecular complexity index is 381. The molecule has 0 unspecified atom stereocenters. The van der Waals surface area contributed by atoms with Crippen molar-refractivity contribution in [1.29, 1.82) is 0 Å². The second kappa shape index (κ2) is 13.9. The Balaban J connectivity index is 1.86. The van der Waals surface area contributed by atoms with Gasteiger partial charge in [-0.2, -0.15) is 0 Å². The zero-order valence-corrected chi connectivity index (χ0v) is 14.6. The molecule has 4 nitrogen and oxygen atoms in total. The van der Waals surface area contributed by atoms with Crippen LogP contribution in [0.15, 0.2) is 30.8 Å². The van der Waals surface area contributed by atoms with E-state index in [0.29, 0.717) is 52.9 Å². The average molecular weight is 373 g/mol. The van der Waals surface area contributed by atoms with E-state index in [-0.39, 0.29) is 0 Å². The first-order valence-electron chi connectivity index (χ1n) is 7.45. The van der Waals surface area contributed by atoms with Crippen LogP contribution in [0.4, 0.5) is 0 Å². The van der Waals surface area contributed by atoms with Crippen LogP contribution in [0.1, 0.15) is 11.1 Å². The maximum Gasteiger partial charge on any atom is 0.0718 e. The van der Waals surface area contributed by atoms with Crippen molar-refractivity contribution < 1.29 is 18.9 Å². The van der Waals surface area contributed by atoms with Gasteiger partial charge in [0.15, 0.2) is 0 Å². The fourth-order valence-electron chi connectivity index (χ4n) is 1.65. The van der Waals surface area contributed by atoms with Gasteiger partial charge in [0.05, 0.1) is 52.9 Å². The van der Waals surface area contributed by atoms with E-state index in [0.717, 1.165) is 16.5 Å². The third-order valence-electron chi connectivity index (χ3n) is 2.82. The summed E-state index contributed by atoms with van der Waals surface area (Å²) in [6.45, 7) is 8.60. The molecule has 0 aromatic heterocycles. The number of hydrogen-bond donors (Lipinski definition) is 0. The predicted octanol–water partition coefficient (Wildman–Crippen LogP) is 3.29. The van der Waals surface area contributed by atoms with Crippen LogP contribution in [0.25, 0.3) is 6.08 Å². The number of benzene rings is 1. The second-order valence-corrected chi connectivity index (χ2v) is 5.32. The molecule has 1 rings (SSSR count). The maximum absolute atomic E-state index is 5.55. The Morgan fingerprint density at radius 1 is 0.773 bits per heavy atom. The van der Waals surface area contributed by atoms with Crippen molar-refractivity contribution in [1.82, 2.24) is 0 Å². The number of halogens is 1. The largest absolute Gasteiger partial charge is 0.378 e. The lowest BCUT2D eigenvalue weighted by Crippen LogP contribution is -2.12. The summed E-state index contributed by atoms with van der Waals surface area (Å²) in [5.41, 5.74) is 2.27. The summed E-state index contributed by atoms with van der Waals surface area (Å²) in [6, 6.07) is 8.15. The first-order chi connectivity index (χ1) is 10.9. The zero-order chi connectivity index (χ0) is 15.9. The highest BCUT2D eigenvalue weighted by atomic mass is 79.9. The molecule has 22 heavy (non-hydrogen) atoms. The summed E-state index contributed by atoms with van der Waals surface area (Å²) in [5.74, 6) is 0. The van der Waals surface area contributed by atoms with E-state index in [1.165, 1.54) is 0 Å². The minimum atomic E-state index is 0.578. The minimum Gasteiger partial charge on any atom is -0.378 e. The highest BCUT2D eigenvalue weighted by molar-refractivity contribution is 9.09. The predicted molar refractivity (Wildman–Crippen MR) is 92.4 cm³/mol. The van der Waals surface area contributed by atoms with Gasteiger partial charge in [0.25, 0.3) is 0 Å². The van der Waals surface area contributed by atoms with Crippen molar-refractivity contribution in [2.45, 2.75) is 6.61 Å². The maximum atomic E-state index is 5.55. The fraction of sp³-hybridized carbons (Fsp3) is 0.529. The first-order valence-corrected chi connectivity index (χ1v) is 8.57. The van der Waals surface area contributed by atoms with Gasteiger partial charge in [-0.05, 0) is 11.1 Å². The molecule has 5 heteroatoms. The molecule has 0 spiro atoms. The van der Waals surface area contributed by atoms with Gasteiger partial charge >= 0.3 is 0 Å². The molecule has 0 atom stereocenters. The Hall–Kier alpha value is -0.720. The second-order valence-electron chi connectivity index (χ2n) is 4.52. The normalized spacial score (nSPS) is 10.8. The van der Waals surface area contributed by atoms with Crippen molar-refractivity contribution in [2.24, 2.45) is 0 Å². The summed E-state index contributed by atoms with van der Waals surface area (Å²) >= 11 is 3.29. The molecule has 0 N–H and O–H groups in total. The number of ether oxygens (including phenoxy) is 4. The van der Waals surface area contributed by atoms with Gasteiger partial charge < -0.3 is 18.9 Å². The molecular weight excluding hydrogens is 348 g/mol. The molecular formula is C17H25BrO4. The quantitative estimate of drug-likeness (QED) is 0.371. The van der Waals surface area contributed by atoms with Gasteiger partial charge in [0, 0.05) is 5.33 Å². The van der Waals surface area contributed by atoms with Crippen LogP contribution >= 0.6 is 15.9 Å². The molecule has 0 bridgehead atoms. The lowest BCUT2D eigenvalue weighted by atomic mass is 10.1. The van der Waals surface area contributed by atoms with Gasteiger partial charge in [-0.15, -0.1) is 0 Å². The standard InChI is InChI=1S/C17H25BrO4/c1-2-16-3-5-17(6-4-16)15-22-14-13-21-12-11-20-10-9-19-8-7-18/h2-6H,1,7-15H2. The Labute approximate surface area is 141 Å². The van der Waals surface area contributed by atoms with Crippen LogP contribution in [0.2, 0.25) is 0 Å². The molecule has 0 aliphatic rings. The summed E-state index contributed by atoms with van der Waals surface area (Å²) in [6.07, 6.45) is 1.83. The van der Waals surface area contributed by atoms with Crippen LogP contribution in [-0.4, -0.2) is 51.6 Å². The SMILES string of the molecule is C=Cc1ccc(COCCOCCOCCOCCBr)cc1. The van der Waals surface area contributed by atoms with E-state index in [4.69, 9.17) is 18.9 Å². The molecule has 124 valence electrons. The molecule has 0 aliphatic carbocycles. The van der Waals surface area contributed by atoms with Crippen LogP contribution in [0.5, 0.6) is 0 Å². The van der Waals surface area contributed by atoms with E-state index >= 15 is 0 Å². The lowest BCUT2D eigenvalue weighted by molar-refractivity contribution is -0.00260. The number of alkyl halides is 1. The van der Waals surface area contributed by atoms with Crippen LogP contribution in [-0.2, 0) is 25.6 Å². The van der Waals surface area contributed by atoms with Gasteiger partial charge in [-0.25, -0.2) is 0 Å². The topological polar surface area (TPSA) is 36.9 Å². The third-order valence-corrected chi connectivity index (χ3v) is 3.15. The van der Waals surface area contributed by atoms with E-state index in [2.05, 4.69) is 22.5 Å². The zero-order valence-electron chi connectivity index (χ0n) is 13.0. The van der Waals surface area contributed by atoms with E-state index in [9.17, 15) is 0 Å². The van der Waals surface area contributed by atoms with Crippen molar-refractivity contribution in [3.8, 4) is 0 Å². The molecule has 0 saturated heterocycles. The summed E-state index contributed by atoms with van der Waals surface area (Å²) in [5, 5.41) is 0.856. The number of rotatable bonds is 14. The monoisotopic (exact) mass is 372 g/mol. The molecule has 1 aromatic rings. The average Bonchev–Trinajstić information content (AvgIpc) is 2.56. The highest BCUT2D eigenvalue weighted by Gasteiger charge is 1.95. The van der Waals surface area contributed by atoms with Gasteiger partial charge in [0.1, 0.15) is 0 Å². The fourth-order valence-corrected chi connectivity index (χ4v) is 1.88. The summed E-state index contributed by atoms with van der Waals surface area (Å²) in [4.78, 5) is 0.